The molecule has 0 radical (unpaired) electrons. The van der Waals surface area contributed by atoms with Crippen LogP contribution in [0.15, 0.2) is 18.2 Å². The van der Waals surface area contributed by atoms with Crippen molar-refractivity contribution in [1.29, 1.82) is 0 Å². The summed E-state index contributed by atoms with van der Waals surface area (Å²) in [5, 5.41) is 3.54. The van der Waals surface area contributed by atoms with Gasteiger partial charge in [0.2, 0.25) is 0 Å². The number of rotatable bonds is 6. The third-order valence-corrected chi connectivity index (χ3v) is 3.92. The van der Waals surface area contributed by atoms with Crippen molar-refractivity contribution in [3.8, 4) is 0 Å². The van der Waals surface area contributed by atoms with Crippen LogP contribution in [0.1, 0.15) is 42.5 Å². The molecule has 1 fully saturated rings. The van der Waals surface area contributed by atoms with Gasteiger partial charge in [-0.3, -0.25) is 0 Å². The van der Waals surface area contributed by atoms with E-state index in [1.807, 2.05) is 0 Å². The van der Waals surface area contributed by atoms with Gasteiger partial charge in [0.05, 0.1) is 18.8 Å². The van der Waals surface area contributed by atoms with Crippen molar-refractivity contribution in [2.75, 3.05) is 26.4 Å². The van der Waals surface area contributed by atoms with Gasteiger partial charge in [0.15, 0.2) is 0 Å². The number of nitrogens with one attached hydrogen (secondary N) is 1. The van der Waals surface area contributed by atoms with Gasteiger partial charge in [-0.25, -0.2) is 0 Å². The van der Waals surface area contributed by atoms with E-state index in [0.29, 0.717) is 6.10 Å². The predicted octanol–water partition coefficient (Wildman–Crippen LogP) is 3.15. The third kappa shape index (κ3) is 4.30. The minimum absolute atomic E-state index is 0.281. The molecule has 0 saturated carbocycles. The molecule has 1 aliphatic heterocycles. The standard InChI is InChI=1S/C17H27NO2/c1-4-18-17(12-20-15-7-9-19-10-8-15)16-6-5-13(2)11-14(16)3/h5-6,11,15,17-18H,4,7-10,12H2,1-3H3. The van der Waals surface area contributed by atoms with Crippen LogP contribution in [0, 0.1) is 13.8 Å². The van der Waals surface area contributed by atoms with Gasteiger partial charge < -0.3 is 14.8 Å². The van der Waals surface area contributed by atoms with Gasteiger partial charge >= 0.3 is 0 Å². The van der Waals surface area contributed by atoms with Crippen LogP contribution in [-0.2, 0) is 9.47 Å². The normalized spacial score (nSPS) is 18.1. The number of aryl methyl sites for hydroxylation is 2. The molecule has 1 aliphatic rings. The highest BCUT2D eigenvalue weighted by Crippen LogP contribution is 2.21. The van der Waals surface area contributed by atoms with Crippen molar-refractivity contribution in [2.24, 2.45) is 0 Å². The minimum Gasteiger partial charge on any atom is -0.381 e. The second-order valence-electron chi connectivity index (χ2n) is 5.62. The summed E-state index contributed by atoms with van der Waals surface area (Å²) in [6, 6.07) is 6.93. The lowest BCUT2D eigenvalue weighted by molar-refractivity contribution is -0.0382. The summed E-state index contributed by atoms with van der Waals surface area (Å²) in [6.07, 6.45) is 2.40. The smallest absolute Gasteiger partial charge is 0.0665 e. The van der Waals surface area contributed by atoms with Crippen LogP contribution in [0.4, 0.5) is 0 Å². The van der Waals surface area contributed by atoms with Crippen molar-refractivity contribution in [2.45, 2.75) is 45.8 Å². The number of benzene rings is 1. The molecule has 1 aromatic carbocycles. The molecular formula is C17H27NO2. The van der Waals surface area contributed by atoms with E-state index in [-0.39, 0.29) is 6.04 Å². The molecule has 0 aliphatic carbocycles. The third-order valence-electron chi connectivity index (χ3n) is 3.92. The lowest BCUT2D eigenvalue weighted by Gasteiger charge is -2.26. The molecule has 2 rings (SSSR count). The lowest BCUT2D eigenvalue weighted by atomic mass is 9.99. The average Bonchev–Trinajstić information content (AvgIpc) is 2.45. The fourth-order valence-electron chi connectivity index (χ4n) is 2.80. The molecule has 1 atom stereocenters. The molecule has 3 heteroatoms. The van der Waals surface area contributed by atoms with Crippen molar-refractivity contribution in [3.05, 3.63) is 34.9 Å². The van der Waals surface area contributed by atoms with Crippen LogP contribution in [0.3, 0.4) is 0 Å². The van der Waals surface area contributed by atoms with E-state index in [0.717, 1.165) is 39.2 Å². The molecule has 112 valence electrons. The lowest BCUT2D eigenvalue weighted by Crippen LogP contribution is -2.30. The second-order valence-corrected chi connectivity index (χ2v) is 5.62. The van der Waals surface area contributed by atoms with E-state index < -0.39 is 0 Å². The summed E-state index contributed by atoms with van der Waals surface area (Å²) in [4.78, 5) is 0. The molecule has 1 saturated heterocycles. The van der Waals surface area contributed by atoms with Gasteiger partial charge in [-0.15, -0.1) is 0 Å². The number of hydrogen-bond donors (Lipinski definition) is 1. The first-order chi connectivity index (χ1) is 9.70. The van der Waals surface area contributed by atoms with Gasteiger partial charge in [-0.05, 0) is 44.4 Å². The zero-order valence-corrected chi connectivity index (χ0v) is 12.9. The van der Waals surface area contributed by atoms with E-state index >= 15 is 0 Å². The maximum atomic E-state index is 6.09. The molecule has 1 unspecified atom stereocenters. The second kappa shape index (κ2) is 7.77. The zero-order chi connectivity index (χ0) is 14.4. The Hall–Kier alpha value is -0.900. The highest BCUT2D eigenvalue weighted by molar-refractivity contribution is 5.32. The summed E-state index contributed by atoms with van der Waals surface area (Å²) >= 11 is 0. The van der Waals surface area contributed by atoms with Gasteiger partial charge in [0, 0.05) is 13.2 Å². The van der Waals surface area contributed by atoms with Crippen molar-refractivity contribution in [1.82, 2.24) is 5.32 Å². The van der Waals surface area contributed by atoms with E-state index in [2.05, 4.69) is 44.3 Å². The highest BCUT2D eigenvalue weighted by atomic mass is 16.5. The van der Waals surface area contributed by atoms with Gasteiger partial charge in [-0.2, -0.15) is 0 Å². The van der Waals surface area contributed by atoms with Crippen molar-refractivity contribution >= 4 is 0 Å². The largest absolute Gasteiger partial charge is 0.381 e. The van der Waals surface area contributed by atoms with Crippen molar-refractivity contribution in [3.63, 3.8) is 0 Å². The summed E-state index contributed by atoms with van der Waals surface area (Å²) < 4.78 is 11.5. The number of hydrogen-bond acceptors (Lipinski definition) is 3. The van der Waals surface area contributed by atoms with Crippen molar-refractivity contribution < 1.29 is 9.47 Å². The first-order valence-electron chi connectivity index (χ1n) is 7.70. The zero-order valence-electron chi connectivity index (χ0n) is 12.9. The topological polar surface area (TPSA) is 30.5 Å². The van der Waals surface area contributed by atoms with Crippen LogP contribution >= 0.6 is 0 Å². The van der Waals surface area contributed by atoms with Gasteiger partial charge in [-0.1, -0.05) is 30.7 Å². The Kier molecular flexibility index (Phi) is 6.02. The van der Waals surface area contributed by atoms with Crippen LogP contribution in [0.5, 0.6) is 0 Å². The Labute approximate surface area is 122 Å². The summed E-state index contributed by atoms with van der Waals surface area (Å²) in [6.45, 7) is 9.82. The van der Waals surface area contributed by atoms with E-state index in [4.69, 9.17) is 9.47 Å². The fraction of sp³-hybridized carbons (Fsp3) is 0.647. The van der Waals surface area contributed by atoms with Crippen LogP contribution in [-0.4, -0.2) is 32.5 Å². The first-order valence-corrected chi connectivity index (χ1v) is 7.70. The Morgan fingerprint density at radius 1 is 1.30 bits per heavy atom. The average molecular weight is 277 g/mol. The predicted molar refractivity (Wildman–Crippen MR) is 82.1 cm³/mol. The Morgan fingerprint density at radius 3 is 2.70 bits per heavy atom. The molecule has 0 amide bonds. The Balaban J connectivity index is 1.98. The molecule has 20 heavy (non-hydrogen) atoms. The molecular weight excluding hydrogens is 250 g/mol. The van der Waals surface area contributed by atoms with Crippen LogP contribution in [0.2, 0.25) is 0 Å². The van der Waals surface area contributed by atoms with Gasteiger partial charge in [0.25, 0.3) is 0 Å². The number of ether oxygens (including phenoxy) is 2. The molecule has 1 heterocycles. The minimum atomic E-state index is 0.281. The quantitative estimate of drug-likeness (QED) is 0.866. The summed E-state index contributed by atoms with van der Waals surface area (Å²) in [7, 11) is 0. The Morgan fingerprint density at radius 2 is 2.05 bits per heavy atom. The maximum absolute atomic E-state index is 6.09. The van der Waals surface area contributed by atoms with E-state index in [1.165, 1.54) is 16.7 Å². The molecule has 3 nitrogen and oxygen atoms in total. The van der Waals surface area contributed by atoms with Gasteiger partial charge in [0.1, 0.15) is 0 Å². The fourth-order valence-corrected chi connectivity index (χ4v) is 2.80. The Bertz CT molecular complexity index is 413. The van der Waals surface area contributed by atoms with E-state index in [1.54, 1.807) is 0 Å². The SMILES string of the molecule is CCNC(COC1CCOCC1)c1ccc(C)cc1C. The summed E-state index contributed by atoms with van der Waals surface area (Å²) in [5.74, 6) is 0. The van der Waals surface area contributed by atoms with Crippen LogP contribution < -0.4 is 5.32 Å². The molecule has 1 N–H and O–H groups in total. The highest BCUT2D eigenvalue weighted by Gasteiger charge is 2.18. The van der Waals surface area contributed by atoms with E-state index in [9.17, 15) is 0 Å². The maximum Gasteiger partial charge on any atom is 0.0665 e. The monoisotopic (exact) mass is 277 g/mol. The molecule has 0 bridgehead atoms. The summed E-state index contributed by atoms with van der Waals surface area (Å²) in [5.41, 5.74) is 4.00. The number of likely N-dealkylation sites (N-methyl/N-ethyl adjacent to an activating group) is 1. The molecule has 0 spiro atoms. The molecule has 0 aromatic heterocycles. The first kappa shape index (κ1) is 15.5. The molecule has 1 aromatic rings. The van der Waals surface area contributed by atoms with Crippen LogP contribution in [0.25, 0.3) is 0 Å².